The molecule has 28 heavy (non-hydrogen) atoms. The lowest BCUT2D eigenvalue weighted by molar-refractivity contribution is 0.335. The molecule has 0 spiro atoms. The van der Waals surface area contributed by atoms with Crippen LogP contribution in [0.5, 0.6) is 5.75 Å². The number of hydrogen-bond acceptors (Lipinski definition) is 4. The Labute approximate surface area is 168 Å². The molecular formula is C22H30N2O3S. The number of nitrogens with one attached hydrogen (secondary N) is 1. The molecule has 1 aliphatic rings. The second-order valence-electron chi connectivity index (χ2n) is 7.33. The molecule has 1 fully saturated rings. The first kappa shape index (κ1) is 20.7. The fourth-order valence-electron chi connectivity index (χ4n) is 3.70. The average molecular weight is 403 g/mol. The van der Waals surface area contributed by atoms with Crippen LogP contribution >= 0.6 is 0 Å². The minimum atomic E-state index is -3.54. The molecule has 0 radical (unpaired) electrons. The van der Waals surface area contributed by atoms with E-state index in [1.54, 1.807) is 12.1 Å². The summed E-state index contributed by atoms with van der Waals surface area (Å²) in [6.07, 6.45) is 3.18. The molecule has 5 nitrogen and oxygen atoms in total. The van der Waals surface area contributed by atoms with Gasteiger partial charge in [0.15, 0.2) is 0 Å². The van der Waals surface area contributed by atoms with E-state index in [1.807, 2.05) is 20.8 Å². The largest absolute Gasteiger partial charge is 0.493 e. The zero-order valence-corrected chi connectivity index (χ0v) is 17.8. The number of aryl methyl sites for hydroxylation is 2. The summed E-state index contributed by atoms with van der Waals surface area (Å²) in [5.41, 5.74) is 4.05. The quantitative estimate of drug-likeness (QED) is 0.729. The molecule has 1 heterocycles. The number of rotatable bonds is 8. The van der Waals surface area contributed by atoms with Crippen LogP contribution in [0.1, 0.15) is 36.5 Å². The fraction of sp³-hybridized carbons (Fsp3) is 0.455. The molecule has 0 aromatic heterocycles. The molecule has 2 aromatic carbocycles. The summed E-state index contributed by atoms with van der Waals surface area (Å²) in [6.45, 7) is 8.85. The lowest BCUT2D eigenvalue weighted by Gasteiger charge is -2.17. The maximum atomic E-state index is 12.7. The number of sulfonamides is 1. The van der Waals surface area contributed by atoms with E-state index >= 15 is 0 Å². The lowest BCUT2D eigenvalue weighted by atomic mass is 10.1. The minimum absolute atomic E-state index is 0.287. The Morgan fingerprint density at radius 3 is 2.21 bits per heavy atom. The molecular weight excluding hydrogens is 372 g/mol. The van der Waals surface area contributed by atoms with Crippen molar-refractivity contribution in [2.45, 2.75) is 44.9 Å². The number of anilines is 1. The van der Waals surface area contributed by atoms with Crippen LogP contribution in [0.4, 0.5) is 5.69 Å². The van der Waals surface area contributed by atoms with Crippen molar-refractivity contribution in [3.8, 4) is 5.75 Å². The highest BCUT2D eigenvalue weighted by Gasteiger charge is 2.17. The molecule has 152 valence electrons. The number of ether oxygens (including phenoxy) is 1. The van der Waals surface area contributed by atoms with Gasteiger partial charge < -0.3 is 9.64 Å². The molecule has 0 amide bonds. The van der Waals surface area contributed by atoms with E-state index < -0.39 is 10.0 Å². The number of benzene rings is 2. The van der Waals surface area contributed by atoms with Gasteiger partial charge in [-0.15, -0.1) is 0 Å². The highest BCUT2D eigenvalue weighted by Crippen LogP contribution is 2.27. The summed E-state index contributed by atoms with van der Waals surface area (Å²) in [4.78, 5) is 2.68. The van der Waals surface area contributed by atoms with E-state index in [0.29, 0.717) is 19.6 Å². The minimum Gasteiger partial charge on any atom is -0.493 e. The van der Waals surface area contributed by atoms with E-state index in [0.717, 1.165) is 35.5 Å². The Kier molecular flexibility index (Phi) is 6.62. The Morgan fingerprint density at radius 1 is 1.04 bits per heavy atom. The number of hydrogen-bond donors (Lipinski definition) is 1. The van der Waals surface area contributed by atoms with Crippen molar-refractivity contribution >= 4 is 15.7 Å². The van der Waals surface area contributed by atoms with Crippen LogP contribution in [0, 0.1) is 13.8 Å². The second kappa shape index (κ2) is 8.97. The molecule has 2 aromatic rings. The first-order valence-electron chi connectivity index (χ1n) is 9.98. The third-order valence-electron chi connectivity index (χ3n) is 5.15. The summed E-state index contributed by atoms with van der Waals surface area (Å²) < 4.78 is 33.7. The van der Waals surface area contributed by atoms with Crippen LogP contribution in [-0.4, -0.2) is 34.7 Å². The Hall–Kier alpha value is -2.05. The molecule has 0 bridgehead atoms. The van der Waals surface area contributed by atoms with Gasteiger partial charge >= 0.3 is 0 Å². The van der Waals surface area contributed by atoms with Gasteiger partial charge in [-0.25, -0.2) is 13.1 Å². The van der Waals surface area contributed by atoms with E-state index in [-0.39, 0.29) is 4.90 Å². The number of nitrogens with zero attached hydrogens (tertiary/aromatic N) is 1. The van der Waals surface area contributed by atoms with Crippen LogP contribution in [0.25, 0.3) is 0 Å². The first-order chi connectivity index (χ1) is 13.4. The van der Waals surface area contributed by atoms with Crippen LogP contribution in [0.3, 0.4) is 0 Å². The highest BCUT2D eigenvalue weighted by molar-refractivity contribution is 7.89. The van der Waals surface area contributed by atoms with Gasteiger partial charge in [0.05, 0.1) is 11.5 Å². The smallest absolute Gasteiger partial charge is 0.240 e. The van der Waals surface area contributed by atoms with Crippen molar-refractivity contribution in [2.75, 3.05) is 31.1 Å². The molecule has 1 aliphatic heterocycles. The van der Waals surface area contributed by atoms with Gasteiger partial charge in [0.2, 0.25) is 10.0 Å². The topological polar surface area (TPSA) is 58.6 Å². The third-order valence-corrected chi connectivity index (χ3v) is 6.59. The summed E-state index contributed by atoms with van der Waals surface area (Å²) in [5, 5.41) is 0. The van der Waals surface area contributed by atoms with Crippen LogP contribution < -0.4 is 14.4 Å². The zero-order valence-electron chi connectivity index (χ0n) is 17.0. The monoisotopic (exact) mass is 402 g/mol. The molecule has 0 saturated carbocycles. The van der Waals surface area contributed by atoms with Crippen molar-refractivity contribution in [3.63, 3.8) is 0 Å². The summed E-state index contributed by atoms with van der Waals surface area (Å²) >= 11 is 0. The van der Waals surface area contributed by atoms with E-state index in [2.05, 4.69) is 33.9 Å². The standard InChI is InChI=1S/C22H30N2O3S/c1-4-27-22-17(2)15-21(16-18(22)3)28(25,26)23-12-11-19-7-9-20(10-8-19)24-13-5-6-14-24/h7-10,15-16,23H,4-6,11-14H2,1-3H3. The molecule has 1 saturated heterocycles. The molecule has 0 unspecified atom stereocenters. The lowest BCUT2D eigenvalue weighted by Crippen LogP contribution is -2.26. The summed E-state index contributed by atoms with van der Waals surface area (Å²) in [6, 6.07) is 11.8. The van der Waals surface area contributed by atoms with Crippen molar-refractivity contribution in [1.82, 2.24) is 4.72 Å². The van der Waals surface area contributed by atoms with Gasteiger partial charge in [0, 0.05) is 25.3 Å². The molecule has 3 rings (SSSR count). The summed E-state index contributed by atoms with van der Waals surface area (Å²) in [5.74, 6) is 0.763. The van der Waals surface area contributed by atoms with E-state index in [1.165, 1.54) is 18.5 Å². The molecule has 1 N–H and O–H groups in total. The van der Waals surface area contributed by atoms with E-state index in [4.69, 9.17) is 4.74 Å². The Bertz CT molecular complexity index is 879. The van der Waals surface area contributed by atoms with E-state index in [9.17, 15) is 8.42 Å². The van der Waals surface area contributed by atoms with Gasteiger partial charge in [-0.2, -0.15) is 0 Å². The Morgan fingerprint density at radius 2 is 1.64 bits per heavy atom. The predicted octanol–water partition coefficient (Wildman–Crippen LogP) is 3.82. The Balaban J connectivity index is 1.60. The first-order valence-corrected chi connectivity index (χ1v) is 11.5. The molecule has 0 atom stereocenters. The fourth-order valence-corrected chi connectivity index (χ4v) is 4.90. The maximum Gasteiger partial charge on any atom is 0.240 e. The normalized spacial score (nSPS) is 14.5. The second-order valence-corrected chi connectivity index (χ2v) is 9.09. The SMILES string of the molecule is CCOc1c(C)cc(S(=O)(=O)NCCc2ccc(N3CCCC3)cc2)cc1C. The van der Waals surface area contributed by atoms with Crippen LogP contribution in [0.2, 0.25) is 0 Å². The average Bonchev–Trinajstić information content (AvgIpc) is 3.20. The van der Waals surface area contributed by atoms with Gasteiger partial charge in [0.25, 0.3) is 0 Å². The van der Waals surface area contributed by atoms with Crippen molar-refractivity contribution in [3.05, 3.63) is 53.1 Å². The van der Waals surface area contributed by atoms with Crippen molar-refractivity contribution < 1.29 is 13.2 Å². The van der Waals surface area contributed by atoms with Crippen LogP contribution in [0.15, 0.2) is 41.3 Å². The molecule has 6 heteroatoms. The highest BCUT2D eigenvalue weighted by atomic mass is 32.2. The zero-order chi connectivity index (χ0) is 20.1. The predicted molar refractivity (Wildman–Crippen MR) is 114 cm³/mol. The van der Waals surface area contributed by atoms with Gasteiger partial charge in [-0.3, -0.25) is 0 Å². The van der Waals surface area contributed by atoms with Gasteiger partial charge in [-0.1, -0.05) is 12.1 Å². The van der Waals surface area contributed by atoms with Gasteiger partial charge in [-0.05, 0) is 81.0 Å². The maximum absolute atomic E-state index is 12.7. The van der Waals surface area contributed by atoms with Crippen LogP contribution in [-0.2, 0) is 16.4 Å². The van der Waals surface area contributed by atoms with Gasteiger partial charge in [0.1, 0.15) is 5.75 Å². The van der Waals surface area contributed by atoms with Crippen molar-refractivity contribution in [1.29, 1.82) is 0 Å². The molecule has 0 aliphatic carbocycles. The third kappa shape index (κ3) is 4.86. The summed E-state index contributed by atoms with van der Waals surface area (Å²) in [7, 11) is -3.54. The van der Waals surface area contributed by atoms with Crippen molar-refractivity contribution in [2.24, 2.45) is 0 Å².